The van der Waals surface area contributed by atoms with Crippen LogP contribution in [0.3, 0.4) is 0 Å². The number of rotatable bonds is 7. The molecule has 0 spiro atoms. The van der Waals surface area contributed by atoms with Crippen molar-refractivity contribution in [2.24, 2.45) is 4.99 Å². The van der Waals surface area contributed by atoms with Gasteiger partial charge >= 0.3 is 5.97 Å². The van der Waals surface area contributed by atoms with Crippen LogP contribution in [-0.2, 0) is 9.53 Å². The van der Waals surface area contributed by atoms with E-state index in [-0.39, 0.29) is 17.7 Å². The second-order valence-corrected chi connectivity index (χ2v) is 11.5. The first kappa shape index (κ1) is 28.1. The molecule has 1 aliphatic heterocycles. The number of nitrogens with zero attached hydrogens (tertiary/aromatic N) is 2. The number of thiazole rings is 1. The van der Waals surface area contributed by atoms with Gasteiger partial charge in [0.1, 0.15) is 11.5 Å². The zero-order valence-electron chi connectivity index (χ0n) is 22.0. The van der Waals surface area contributed by atoms with E-state index < -0.39 is 12.0 Å². The minimum absolute atomic E-state index is 0.180. The highest BCUT2D eigenvalue weighted by Crippen LogP contribution is 2.40. The highest BCUT2D eigenvalue weighted by atomic mass is 79.9. The SMILES string of the molecule is CCOC(=O)C1=C(C)N=c2s/c(=C\c3ccc(-c4ccc(Br)cc4)o3)c(=O)n2C1c1cc(OC)c(OC)cc1Br. The fourth-order valence-corrected chi connectivity index (χ4v) is 6.32. The third-order valence-corrected chi connectivity index (χ3v) is 8.54. The van der Waals surface area contributed by atoms with E-state index in [1.54, 1.807) is 32.1 Å². The van der Waals surface area contributed by atoms with Gasteiger partial charge in [0.2, 0.25) is 0 Å². The average Bonchev–Trinajstić information content (AvgIpc) is 3.52. The Bertz CT molecular complexity index is 1820. The maximum absolute atomic E-state index is 13.9. The highest BCUT2D eigenvalue weighted by molar-refractivity contribution is 9.10. The zero-order chi connectivity index (χ0) is 28.6. The van der Waals surface area contributed by atoms with Crippen LogP contribution in [0.2, 0.25) is 0 Å². The maximum atomic E-state index is 13.9. The summed E-state index contributed by atoms with van der Waals surface area (Å²) in [5.74, 6) is 1.61. The van der Waals surface area contributed by atoms with Gasteiger partial charge in [-0.3, -0.25) is 9.36 Å². The van der Waals surface area contributed by atoms with Crippen molar-refractivity contribution in [3.63, 3.8) is 0 Å². The summed E-state index contributed by atoms with van der Waals surface area (Å²) in [6.45, 7) is 3.65. The molecule has 0 amide bonds. The smallest absolute Gasteiger partial charge is 0.338 e. The lowest BCUT2D eigenvalue weighted by Gasteiger charge is -2.26. The Hall–Kier alpha value is -3.41. The minimum atomic E-state index is -0.818. The summed E-state index contributed by atoms with van der Waals surface area (Å²) in [5.41, 5.74) is 1.96. The van der Waals surface area contributed by atoms with E-state index in [2.05, 4.69) is 36.9 Å². The largest absolute Gasteiger partial charge is 0.493 e. The molecule has 11 heteroatoms. The van der Waals surface area contributed by atoms with Crippen LogP contribution >= 0.6 is 43.2 Å². The standard InChI is InChI=1S/C29H24Br2N2O6S/c1-5-38-28(35)25-15(2)32-29-33(26(25)19-13-22(36-3)23(37-4)14-20(19)31)27(34)24(40-29)12-18-10-11-21(39-18)16-6-8-17(30)9-7-16/h6-14,26H,5H2,1-4H3/b24-12-. The van der Waals surface area contributed by atoms with E-state index in [1.807, 2.05) is 36.4 Å². The number of furan rings is 1. The van der Waals surface area contributed by atoms with Crippen molar-refractivity contribution >= 4 is 55.2 Å². The van der Waals surface area contributed by atoms with Crippen LogP contribution in [0.25, 0.3) is 17.4 Å². The van der Waals surface area contributed by atoms with Crippen LogP contribution in [0.4, 0.5) is 0 Å². The average molecular weight is 688 g/mol. The Labute approximate surface area is 250 Å². The number of ether oxygens (including phenoxy) is 3. The molecule has 2 aromatic heterocycles. The highest BCUT2D eigenvalue weighted by Gasteiger charge is 2.35. The normalized spacial score (nSPS) is 15.1. The number of carbonyl (C=O) groups excluding carboxylic acids is 1. The molecule has 40 heavy (non-hydrogen) atoms. The molecule has 0 radical (unpaired) electrons. The first-order valence-corrected chi connectivity index (χ1v) is 14.6. The Balaban J connectivity index is 1.68. The van der Waals surface area contributed by atoms with Crippen molar-refractivity contribution in [2.75, 3.05) is 20.8 Å². The Kier molecular flexibility index (Phi) is 8.16. The molecule has 1 atom stereocenters. The van der Waals surface area contributed by atoms with E-state index in [1.165, 1.54) is 30.1 Å². The number of halogens is 2. The van der Waals surface area contributed by atoms with Gasteiger partial charge in [0.25, 0.3) is 5.56 Å². The molecule has 1 unspecified atom stereocenters. The van der Waals surface area contributed by atoms with Crippen molar-refractivity contribution < 1.29 is 23.4 Å². The number of allylic oxidation sites excluding steroid dienone is 1. The van der Waals surface area contributed by atoms with E-state index in [0.717, 1.165) is 10.0 Å². The molecule has 4 aromatic rings. The van der Waals surface area contributed by atoms with Crippen molar-refractivity contribution in [1.29, 1.82) is 0 Å². The van der Waals surface area contributed by atoms with Gasteiger partial charge in [0.05, 0.1) is 42.7 Å². The number of hydrogen-bond acceptors (Lipinski definition) is 8. The lowest BCUT2D eigenvalue weighted by molar-refractivity contribution is -0.139. The predicted molar refractivity (Wildman–Crippen MR) is 159 cm³/mol. The Morgan fingerprint density at radius 2 is 1.80 bits per heavy atom. The van der Waals surface area contributed by atoms with Crippen LogP contribution < -0.4 is 24.4 Å². The topological polar surface area (TPSA) is 92.3 Å². The van der Waals surface area contributed by atoms with Crippen LogP contribution in [-0.4, -0.2) is 31.4 Å². The molecular formula is C29H24Br2N2O6S. The molecule has 3 heterocycles. The molecule has 0 aliphatic carbocycles. The quantitative estimate of drug-likeness (QED) is 0.235. The van der Waals surface area contributed by atoms with Gasteiger partial charge in [-0.1, -0.05) is 55.3 Å². The van der Waals surface area contributed by atoms with E-state index in [0.29, 0.717) is 48.1 Å². The fourth-order valence-electron chi connectivity index (χ4n) is 4.49. The number of esters is 1. The van der Waals surface area contributed by atoms with E-state index in [9.17, 15) is 9.59 Å². The first-order valence-electron chi connectivity index (χ1n) is 12.2. The van der Waals surface area contributed by atoms with Crippen molar-refractivity contribution in [2.45, 2.75) is 19.9 Å². The number of fused-ring (bicyclic) bond motifs is 1. The lowest BCUT2D eigenvalue weighted by atomic mass is 9.95. The molecule has 2 aromatic carbocycles. The molecular weight excluding hydrogens is 664 g/mol. The summed E-state index contributed by atoms with van der Waals surface area (Å²) in [6.07, 6.45) is 1.69. The maximum Gasteiger partial charge on any atom is 0.338 e. The fraction of sp³-hybridized carbons (Fsp3) is 0.207. The molecule has 8 nitrogen and oxygen atoms in total. The van der Waals surface area contributed by atoms with Gasteiger partial charge in [-0.15, -0.1) is 0 Å². The number of benzene rings is 2. The number of hydrogen-bond donors (Lipinski definition) is 0. The van der Waals surface area contributed by atoms with Gasteiger partial charge in [0.15, 0.2) is 16.3 Å². The Morgan fingerprint density at radius 1 is 1.10 bits per heavy atom. The third-order valence-electron chi connectivity index (χ3n) is 6.34. The van der Waals surface area contributed by atoms with E-state index >= 15 is 0 Å². The summed E-state index contributed by atoms with van der Waals surface area (Å²) in [4.78, 5) is 32.2. The van der Waals surface area contributed by atoms with Gasteiger partial charge < -0.3 is 18.6 Å². The summed E-state index contributed by atoms with van der Waals surface area (Å²) in [6, 6.07) is 14.1. The van der Waals surface area contributed by atoms with Crippen molar-refractivity contribution in [1.82, 2.24) is 4.57 Å². The summed E-state index contributed by atoms with van der Waals surface area (Å²) in [5, 5.41) is 0. The van der Waals surface area contributed by atoms with Crippen LogP contribution in [0.5, 0.6) is 11.5 Å². The molecule has 0 bridgehead atoms. The summed E-state index contributed by atoms with van der Waals surface area (Å²) in [7, 11) is 3.07. The van der Waals surface area contributed by atoms with Crippen molar-refractivity contribution in [3.8, 4) is 22.8 Å². The minimum Gasteiger partial charge on any atom is -0.493 e. The predicted octanol–water partition coefficient (Wildman–Crippen LogP) is 5.60. The van der Waals surface area contributed by atoms with Gasteiger partial charge in [-0.2, -0.15) is 0 Å². The zero-order valence-corrected chi connectivity index (χ0v) is 26.0. The van der Waals surface area contributed by atoms with Crippen LogP contribution in [0, 0.1) is 0 Å². The monoisotopic (exact) mass is 686 g/mol. The molecule has 1 aliphatic rings. The molecule has 0 saturated heterocycles. The van der Waals surface area contributed by atoms with Gasteiger partial charge in [-0.25, -0.2) is 9.79 Å². The lowest BCUT2D eigenvalue weighted by Crippen LogP contribution is -2.40. The van der Waals surface area contributed by atoms with E-state index in [4.69, 9.17) is 18.6 Å². The number of methoxy groups -OCH3 is 2. The van der Waals surface area contributed by atoms with Crippen LogP contribution in [0.15, 0.2) is 83.0 Å². The Morgan fingerprint density at radius 3 is 2.48 bits per heavy atom. The molecule has 0 saturated carbocycles. The first-order chi connectivity index (χ1) is 19.2. The summed E-state index contributed by atoms with van der Waals surface area (Å²) >= 11 is 8.27. The van der Waals surface area contributed by atoms with Gasteiger partial charge in [0, 0.05) is 20.6 Å². The second-order valence-electron chi connectivity index (χ2n) is 8.74. The van der Waals surface area contributed by atoms with Crippen LogP contribution in [0.1, 0.15) is 31.2 Å². The number of carbonyl (C=O) groups is 1. The molecule has 0 fully saturated rings. The van der Waals surface area contributed by atoms with Crippen molar-refractivity contribution in [3.05, 3.63) is 99.8 Å². The molecule has 0 N–H and O–H groups in total. The third kappa shape index (κ3) is 5.21. The summed E-state index contributed by atoms with van der Waals surface area (Å²) < 4.78 is 25.9. The molecule has 5 rings (SSSR count). The second kappa shape index (κ2) is 11.6. The van der Waals surface area contributed by atoms with Gasteiger partial charge in [-0.05, 0) is 55.8 Å². The number of aromatic nitrogens is 1. The molecule has 206 valence electrons.